The van der Waals surface area contributed by atoms with E-state index in [0.29, 0.717) is 11.6 Å². The molecule has 14 heavy (non-hydrogen) atoms. The molecule has 78 valence electrons. The number of phenolic OH excluding ortho intramolecular Hbond substituents is 1. The highest BCUT2D eigenvalue weighted by Crippen LogP contribution is 2.22. The molecule has 0 bridgehead atoms. The molecule has 0 unspecified atom stereocenters. The van der Waals surface area contributed by atoms with Gasteiger partial charge in [-0.1, -0.05) is 32.8 Å². The van der Waals surface area contributed by atoms with E-state index in [9.17, 15) is 5.11 Å². The minimum Gasteiger partial charge on any atom is -0.506 e. The first-order valence-electron chi connectivity index (χ1n) is 5.20. The molecular formula is C12H19NO. The van der Waals surface area contributed by atoms with Gasteiger partial charge in [0.25, 0.3) is 0 Å². The summed E-state index contributed by atoms with van der Waals surface area (Å²) in [6.45, 7) is 4.44. The molecule has 1 rings (SSSR count). The van der Waals surface area contributed by atoms with Crippen LogP contribution in [0.2, 0.25) is 0 Å². The molecule has 2 heteroatoms. The third kappa shape index (κ3) is 2.95. The first-order valence-corrected chi connectivity index (χ1v) is 5.20. The number of nitrogens with two attached hydrogens (primary N) is 1. The minimum absolute atomic E-state index is 0.178. The topological polar surface area (TPSA) is 46.2 Å². The van der Waals surface area contributed by atoms with E-state index in [-0.39, 0.29) is 5.75 Å². The summed E-state index contributed by atoms with van der Waals surface area (Å²) in [7, 11) is 0. The van der Waals surface area contributed by atoms with Crippen molar-refractivity contribution in [2.45, 2.75) is 33.1 Å². The van der Waals surface area contributed by atoms with E-state index >= 15 is 0 Å². The molecule has 0 aliphatic carbocycles. The number of benzene rings is 1. The van der Waals surface area contributed by atoms with E-state index in [4.69, 9.17) is 5.73 Å². The van der Waals surface area contributed by atoms with Crippen LogP contribution in [0.4, 0.5) is 5.69 Å². The molecule has 0 amide bonds. The third-order valence-electron chi connectivity index (χ3n) is 2.46. The summed E-state index contributed by atoms with van der Waals surface area (Å²) in [6, 6.07) is 5.47. The second kappa shape index (κ2) is 4.89. The Balaban J connectivity index is 2.63. The van der Waals surface area contributed by atoms with E-state index in [1.807, 2.05) is 12.1 Å². The predicted molar refractivity (Wildman–Crippen MR) is 60.3 cm³/mol. The smallest absolute Gasteiger partial charge is 0.138 e. The standard InChI is InChI=1S/C12H19NO/c1-3-4-9(2)7-10-5-6-12(14)11(13)8-10/h5-6,8-9,14H,3-4,7,13H2,1-2H3/t9-/m1/s1. The molecular weight excluding hydrogens is 174 g/mol. The Labute approximate surface area is 85.8 Å². The lowest BCUT2D eigenvalue weighted by Gasteiger charge is -2.10. The zero-order valence-corrected chi connectivity index (χ0v) is 8.96. The van der Waals surface area contributed by atoms with E-state index in [1.165, 1.54) is 18.4 Å². The van der Waals surface area contributed by atoms with Crippen molar-refractivity contribution in [2.75, 3.05) is 5.73 Å². The Hall–Kier alpha value is -1.18. The maximum atomic E-state index is 9.26. The van der Waals surface area contributed by atoms with Crippen LogP contribution in [0.3, 0.4) is 0 Å². The van der Waals surface area contributed by atoms with Gasteiger partial charge in [-0.05, 0) is 30.0 Å². The van der Waals surface area contributed by atoms with Gasteiger partial charge in [-0.2, -0.15) is 0 Å². The van der Waals surface area contributed by atoms with Crippen molar-refractivity contribution in [3.8, 4) is 5.75 Å². The fourth-order valence-corrected chi connectivity index (χ4v) is 1.73. The summed E-state index contributed by atoms with van der Waals surface area (Å²) < 4.78 is 0. The number of nitrogen functional groups attached to an aromatic ring is 1. The molecule has 1 atom stereocenters. The Bertz CT molecular complexity index is 296. The van der Waals surface area contributed by atoms with Gasteiger partial charge in [0.15, 0.2) is 0 Å². The third-order valence-corrected chi connectivity index (χ3v) is 2.46. The van der Waals surface area contributed by atoms with Gasteiger partial charge in [-0.15, -0.1) is 0 Å². The maximum absolute atomic E-state index is 9.26. The van der Waals surface area contributed by atoms with Crippen LogP contribution in [-0.2, 0) is 6.42 Å². The van der Waals surface area contributed by atoms with E-state index in [1.54, 1.807) is 6.07 Å². The minimum atomic E-state index is 0.178. The Morgan fingerprint density at radius 3 is 2.71 bits per heavy atom. The van der Waals surface area contributed by atoms with E-state index in [0.717, 1.165) is 6.42 Å². The first-order chi connectivity index (χ1) is 6.63. The quantitative estimate of drug-likeness (QED) is 0.570. The van der Waals surface area contributed by atoms with Crippen molar-refractivity contribution in [3.05, 3.63) is 23.8 Å². The van der Waals surface area contributed by atoms with Crippen LogP contribution in [0.25, 0.3) is 0 Å². The highest BCUT2D eigenvalue weighted by Gasteiger charge is 2.04. The van der Waals surface area contributed by atoms with Gasteiger partial charge in [0.1, 0.15) is 5.75 Å². The number of rotatable bonds is 4. The van der Waals surface area contributed by atoms with Gasteiger partial charge in [-0.25, -0.2) is 0 Å². The number of anilines is 1. The summed E-state index contributed by atoms with van der Waals surface area (Å²) in [5, 5.41) is 9.26. The number of phenols is 1. The molecule has 1 aromatic carbocycles. The number of aromatic hydroxyl groups is 1. The summed E-state index contributed by atoms with van der Waals surface area (Å²) in [6.07, 6.45) is 3.49. The van der Waals surface area contributed by atoms with Crippen molar-refractivity contribution in [1.29, 1.82) is 0 Å². The fraction of sp³-hybridized carbons (Fsp3) is 0.500. The van der Waals surface area contributed by atoms with Crippen LogP contribution in [-0.4, -0.2) is 5.11 Å². The van der Waals surface area contributed by atoms with E-state index < -0.39 is 0 Å². The lowest BCUT2D eigenvalue weighted by molar-refractivity contribution is 0.477. The molecule has 0 fully saturated rings. The molecule has 0 radical (unpaired) electrons. The van der Waals surface area contributed by atoms with Crippen LogP contribution in [0, 0.1) is 5.92 Å². The molecule has 0 aromatic heterocycles. The van der Waals surface area contributed by atoms with Gasteiger partial charge in [-0.3, -0.25) is 0 Å². The number of hydrogen-bond acceptors (Lipinski definition) is 2. The van der Waals surface area contributed by atoms with Crippen molar-refractivity contribution in [1.82, 2.24) is 0 Å². The molecule has 0 saturated heterocycles. The van der Waals surface area contributed by atoms with Crippen LogP contribution >= 0.6 is 0 Å². The second-order valence-electron chi connectivity index (χ2n) is 3.99. The summed E-state index contributed by atoms with van der Waals surface area (Å²) >= 11 is 0. The second-order valence-corrected chi connectivity index (χ2v) is 3.99. The van der Waals surface area contributed by atoms with Gasteiger partial charge in [0.2, 0.25) is 0 Å². The van der Waals surface area contributed by atoms with Crippen molar-refractivity contribution in [2.24, 2.45) is 5.92 Å². The highest BCUT2D eigenvalue weighted by molar-refractivity contribution is 5.53. The fourth-order valence-electron chi connectivity index (χ4n) is 1.73. The zero-order valence-electron chi connectivity index (χ0n) is 8.96. The van der Waals surface area contributed by atoms with Crippen molar-refractivity contribution >= 4 is 5.69 Å². The molecule has 0 aliphatic heterocycles. The first kappa shape index (κ1) is 10.9. The van der Waals surface area contributed by atoms with Crippen molar-refractivity contribution < 1.29 is 5.11 Å². The Morgan fingerprint density at radius 2 is 2.14 bits per heavy atom. The normalized spacial score (nSPS) is 12.7. The molecule has 1 aromatic rings. The molecule has 0 saturated carbocycles. The summed E-state index contributed by atoms with van der Waals surface area (Å²) in [4.78, 5) is 0. The lowest BCUT2D eigenvalue weighted by Crippen LogP contribution is -1.99. The van der Waals surface area contributed by atoms with Gasteiger partial charge in [0, 0.05) is 0 Å². The van der Waals surface area contributed by atoms with Crippen LogP contribution < -0.4 is 5.73 Å². The van der Waals surface area contributed by atoms with Gasteiger partial charge < -0.3 is 10.8 Å². The van der Waals surface area contributed by atoms with Gasteiger partial charge in [0.05, 0.1) is 5.69 Å². The van der Waals surface area contributed by atoms with Crippen LogP contribution in [0.1, 0.15) is 32.3 Å². The SMILES string of the molecule is CCC[C@@H](C)Cc1ccc(O)c(N)c1. The largest absolute Gasteiger partial charge is 0.506 e. The van der Waals surface area contributed by atoms with Gasteiger partial charge >= 0.3 is 0 Å². The molecule has 2 nitrogen and oxygen atoms in total. The summed E-state index contributed by atoms with van der Waals surface area (Å²) in [5.41, 5.74) is 7.31. The monoisotopic (exact) mass is 193 g/mol. The highest BCUT2D eigenvalue weighted by atomic mass is 16.3. The van der Waals surface area contributed by atoms with Crippen molar-refractivity contribution in [3.63, 3.8) is 0 Å². The maximum Gasteiger partial charge on any atom is 0.138 e. The Kier molecular flexibility index (Phi) is 3.81. The molecule has 0 aliphatic rings. The van der Waals surface area contributed by atoms with Crippen LogP contribution in [0.5, 0.6) is 5.75 Å². The molecule has 0 spiro atoms. The average Bonchev–Trinajstić information content (AvgIpc) is 2.12. The molecule has 0 heterocycles. The zero-order chi connectivity index (χ0) is 10.6. The van der Waals surface area contributed by atoms with E-state index in [2.05, 4.69) is 13.8 Å². The Morgan fingerprint density at radius 1 is 1.43 bits per heavy atom. The van der Waals surface area contributed by atoms with Crippen LogP contribution in [0.15, 0.2) is 18.2 Å². The predicted octanol–water partition coefficient (Wildman–Crippen LogP) is 2.95. The number of hydrogen-bond donors (Lipinski definition) is 2. The molecule has 3 N–H and O–H groups in total. The lowest BCUT2D eigenvalue weighted by atomic mass is 9.97. The summed E-state index contributed by atoms with van der Waals surface area (Å²) in [5.74, 6) is 0.862. The average molecular weight is 193 g/mol.